The molecule has 0 atom stereocenters. The third-order valence-electron chi connectivity index (χ3n) is 2.55. The fourth-order valence-electron chi connectivity index (χ4n) is 1.59. The van der Waals surface area contributed by atoms with Gasteiger partial charge in [0.2, 0.25) is 15.8 Å². The van der Waals surface area contributed by atoms with Gasteiger partial charge in [-0.1, -0.05) is 6.07 Å². The van der Waals surface area contributed by atoms with Gasteiger partial charge in [0.25, 0.3) is 0 Å². The van der Waals surface area contributed by atoms with Crippen molar-refractivity contribution in [3.8, 4) is 0 Å². The molecule has 2 heterocycles. The molecule has 2 aromatic heterocycles. The van der Waals surface area contributed by atoms with Crippen LogP contribution < -0.4 is 4.72 Å². The van der Waals surface area contributed by atoms with Crippen molar-refractivity contribution in [1.82, 2.24) is 9.71 Å². The molecule has 0 aliphatic rings. The summed E-state index contributed by atoms with van der Waals surface area (Å²) in [6.07, 6.45) is 0. The number of pyridine rings is 1. The quantitative estimate of drug-likeness (QED) is 0.827. The molecule has 0 saturated heterocycles. The number of carbonyl (C=O) groups is 1. The van der Waals surface area contributed by atoms with Crippen molar-refractivity contribution >= 4 is 31.9 Å². The normalized spacial score (nSPS) is 11.5. The molecule has 7 nitrogen and oxygen atoms in total. The molecule has 2 N–H and O–H groups in total. The van der Waals surface area contributed by atoms with Gasteiger partial charge in [-0.2, -0.15) is 0 Å². The Balaban J connectivity index is 2.21. The molecular formula is C12H11BrN2O5S. The third kappa shape index (κ3) is 3.69. The standard InChI is InChI=1S/C12H11BrN2O5S/c1-7-3-2-4-8(15-7)6-14-21(18,19)10-5-9(12(16)17)20-11(10)13/h2-5,14H,6H2,1H3,(H,16,17). The predicted octanol–water partition coefficient (Wildman–Crippen LogP) is 1.92. The lowest BCUT2D eigenvalue weighted by Gasteiger charge is -2.05. The zero-order valence-corrected chi connectivity index (χ0v) is 13.2. The zero-order valence-electron chi connectivity index (χ0n) is 10.8. The van der Waals surface area contributed by atoms with Crippen LogP contribution in [0.1, 0.15) is 21.9 Å². The van der Waals surface area contributed by atoms with E-state index < -0.39 is 21.8 Å². The molecule has 9 heteroatoms. The topological polar surface area (TPSA) is 110 Å². The number of hydrogen-bond acceptors (Lipinski definition) is 5. The van der Waals surface area contributed by atoms with E-state index in [1.807, 2.05) is 0 Å². The van der Waals surface area contributed by atoms with Crippen LogP contribution >= 0.6 is 15.9 Å². The van der Waals surface area contributed by atoms with Crippen molar-refractivity contribution in [2.24, 2.45) is 0 Å². The molecule has 0 fully saturated rings. The van der Waals surface area contributed by atoms with E-state index in [2.05, 4.69) is 25.6 Å². The Hall–Kier alpha value is -1.71. The molecule has 0 aliphatic heterocycles. The number of aromatic nitrogens is 1. The van der Waals surface area contributed by atoms with Gasteiger partial charge >= 0.3 is 5.97 Å². The molecule has 0 unspecified atom stereocenters. The van der Waals surface area contributed by atoms with Crippen LogP contribution in [-0.4, -0.2) is 24.5 Å². The smallest absolute Gasteiger partial charge is 0.371 e. The number of carboxylic acid groups (broad SMARTS) is 1. The van der Waals surface area contributed by atoms with Gasteiger partial charge in [-0.05, 0) is 35.0 Å². The van der Waals surface area contributed by atoms with E-state index in [0.29, 0.717) is 5.69 Å². The van der Waals surface area contributed by atoms with E-state index >= 15 is 0 Å². The molecule has 112 valence electrons. The van der Waals surface area contributed by atoms with Gasteiger partial charge in [-0.15, -0.1) is 0 Å². The summed E-state index contributed by atoms with van der Waals surface area (Å²) in [7, 11) is -3.91. The van der Waals surface area contributed by atoms with Crippen LogP contribution in [0, 0.1) is 6.92 Å². The van der Waals surface area contributed by atoms with Crippen molar-refractivity contribution in [2.45, 2.75) is 18.4 Å². The number of aromatic carboxylic acids is 1. The lowest BCUT2D eigenvalue weighted by Crippen LogP contribution is -2.23. The van der Waals surface area contributed by atoms with Crippen LogP contribution in [0.4, 0.5) is 0 Å². The number of rotatable bonds is 5. The van der Waals surface area contributed by atoms with Crippen LogP contribution in [0.5, 0.6) is 0 Å². The van der Waals surface area contributed by atoms with Crippen molar-refractivity contribution in [2.75, 3.05) is 0 Å². The summed E-state index contributed by atoms with van der Waals surface area (Å²) < 4.78 is 31.2. The van der Waals surface area contributed by atoms with Gasteiger partial charge in [-0.3, -0.25) is 4.98 Å². The molecular weight excluding hydrogens is 364 g/mol. The summed E-state index contributed by atoms with van der Waals surface area (Å²) in [5.74, 6) is -1.81. The van der Waals surface area contributed by atoms with E-state index in [0.717, 1.165) is 11.8 Å². The van der Waals surface area contributed by atoms with E-state index in [-0.39, 0.29) is 16.1 Å². The van der Waals surface area contributed by atoms with Crippen LogP contribution in [0.25, 0.3) is 0 Å². The molecule has 0 bridgehead atoms. The number of carboxylic acids is 1. The monoisotopic (exact) mass is 374 g/mol. The Kier molecular flexibility index (Phi) is 4.45. The summed E-state index contributed by atoms with van der Waals surface area (Å²) in [5, 5.41) is 8.79. The SMILES string of the molecule is Cc1cccc(CNS(=O)(=O)c2cc(C(=O)O)oc2Br)n1. The van der Waals surface area contributed by atoms with Crippen molar-refractivity contribution < 1.29 is 22.7 Å². The molecule has 0 radical (unpaired) electrons. The van der Waals surface area contributed by atoms with Crippen molar-refractivity contribution in [3.63, 3.8) is 0 Å². The van der Waals surface area contributed by atoms with Gasteiger partial charge in [0, 0.05) is 11.8 Å². The lowest BCUT2D eigenvalue weighted by atomic mass is 10.3. The van der Waals surface area contributed by atoms with Crippen molar-refractivity contribution in [3.05, 3.63) is 46.1 Å². The largest absolute Gasteiger partial charge is 0.475 e. The second-order valence-corrected chi connectivity index (χ2v) is 6.60. The zero-order chi connectivity index (χ0) is 15.6. The first-order valence-corrected chi connectivity index (χ1v) is 8.02. The van der Waals surface area contributed by atoms with Gasteiger partial charge < -0.3 is 9.52 Å². The minimum atomic E-state index is -3.91. The van der Waals surface area contributed by atoms with Gasteiger partial charge in [0.1, 0.15) is 4.90 Å². The Morgan fingerprint density at radius 1 is 1.48 bits per heavy atom. The van der Waals surface area contributed by atoms with E-state index in [1.54, 1.807) is 25.1 Å². The number of halogens is 1. The van der Waals surface area contributed by atoms with Crippen LogP contribution in [0.2, 0.25) is 0 Å². The molecule has 0 saturated carbocycles. The first-order chi connectivity index (χ1) is 9.79. The van der Waals surface area contributed by atoms with Crippen LogP contribution in [-0.2, 0) is 16.6 Å². The Morgan fingerprint density at radius 3 is 2.76 bits per heavy atom. The molecule has 0 aromatic carbocycles. The Labute approximate surface area is 129 Å². The molecule has 2 aromatic rings. The maximum atomic E-state index is 12.1. The highest BCUT2D eigenvalue weighted by atomic mass is 79.9. The van der Waals surface area contributed by atoms with Crippen LogP contribution in [0.3, 0.4) is 0 Å². The summed E-state index contributed by atoms with van der Waals surface area (Å²) in [6, 6.07) is 6.19. The number of sulfonamides is 1. The van der Waals surface area contributed by atoms with Gasteiger partial charge in [0.15, 0.2) is 4.67 Å². The highest BCUT2D eigenvalue weighted by molar-refractivity contribution is 9.10. The van der Waals surface area contributed by atoms with E-state index in [9.17, 15) is 13.2 Å². The van der Waals surface area contributed by atoms with Crippen molar-refractivity contribution in [1.29, 1.82) is 0 Å². The second-order valence-electron chi connectivity index (χ2n) is 4.15. The van der Waals surface area contributed by atoms with Gasteiger partial charge in [0.05, 0.1) is 12.2 Å². The van der Waals surface area contributed by atoms with E-state index in [4.69, 9.17) is 9.52 Å². The number of nitrogens with zero attached hydrogens (tertiary/aromatic N) is 1. The average Bonchev–Trinajstić information content (AvgIpc) is 2.80. The summed E-state index contributed by atoms with van der Waals surface area (Å²) in [5.41, 5.74) is 1.32. The minimum Gasteiger partial charge on any atom is -0.475 e. The number of furan rings is 1. The number of hydrogen-bond donors (Lipinski definition) is 2. The summed E-state index contributed by atoms with van der Waals surface area (Å²) in [4.78, 5) is 14.7. The fourth-order valence-corrected chi connectivity index (χ4v) is 3.52. The number of aryl methyl sites for hydroxylation is 1. The maximum absolute atomic E-state index is 12.1. The van der Waals surface area contributed by atoms with E-state index in [1.165, 1.54) is 0 Å². The molecule has 0 aliphatic carbocycles. The number of nitrogens with one attached hydrogen (secondary N) is 1. The highest BCUT2D eigenvalue weighted by Crippen LogP contribution is 2.26. The Bertz CT molecular complexity index is 785. The predicted molar refractivity (Wildman–Crippen MR) is 76.4 cm³/mol. The fraction of sp³-hybridized carbons (Fsp3) is 0.167. The van der Waals surface area contributed by atoms with Gasteiger partial charge in [-0.25, -0.2) is 17.9 Å². The first-order valence-electron chi connectivity index (χ1n) is 5.74. The van der Waals surface area contributed by atoms with Crippen LogP contribution in [0.15, 0.2) is 38.2 Å². The highest BCUT2D eigenvalue weighted by Gasteiger charge is 2.24. The molecule has 0 spiro atoms. The molecule has 0 amide bonds. The third-order valence-corrected chi connectivity index (χ3v) is 4.80. The first kappa shape index (κ1) is 15.7. The maximum Gasteiger partial charge on any atom is 0.371 e. The molecule has 21 heavy (non-hydrogen) atoms. The lowest BCUT2D eigenvalue weighted by molar-refractivity contribution is 0.0661. The second kappa shape index (κ2) is 5.96. The summed E-state index contributed by atoms with van der Waals surface area (Å²) in [6.45, 7) is 1.79. The Morgan fingerprint density at radius 2 is 2.19 bits per heavy atom. The molecule has 2 rings (SSSR count). The summed E-state index contributed by atoms with van der Waals surface area (Å²) >= 11 is 2.89. The minimum absolute atomic E-state index is 0.00988. The average molecular weight is 375 g/mol.